The maximum absolute atomic E-state index is 13.7. The van der Waals surface area contributed by atoms with E-state index in [4.69, 9.17) is 0 Å². The number of nitrogens with zero attached hydrogens (tertiary/aromatic N) is 1. The molecule has 0 spiro atoms. The summed E-state index contributed by atoms with van der Waals surface area (Å²) in [4.78, 5) is 18.4. The van der Waals surface area contributed by atoms with E-state index in [1.54, 1.807) is 18.2 Å². The van der Waals surface area contributed by atoms with Crippen LogP contribution in [-0.2, 0) is 0 Å². The van der Waals surface area contributed by atoms with Gasteiger partial charge < -0.3 is 4.98 Å². The van der Waals surface area contributed by atoms with Crippen LogP contribution in [0.1, 0.15) is 25.3 Å². The monoisotopic (exact) mass is 232 g/mol. The molecular formula is C13H13FN2O. The van der Waals surface area contributed by atoms with Crippen LogP contribution in [0.25, 0.3) is 11.3 Å². The van der Waals surface area contributed by atoms with Gasteiger partial charge in [0, 0.05) is 11.1 Å². The molecule has 0 bridgehead atoms. The lowest BCUT2D eigenvalue weighted by molar-refractivity contribution is 0.630. The van der Waals surface area contributed by atoms with E-state index in [1.165, 1.54) is 12.4 Å². The number of benzene rings is 1. The fraction of sp³-hybridized carbons (Fsp3) is 0.231. The van der Waals surface area contributed by atoms with E-state index in [-0.39, 0.29) is 17.3 Å². The third-order valence-electron chi connectivity index (χ3n) is 2.60. The van der Waals surface area contributed by atoms with Crippen LogP contribution >= 0.6 is 0 Å². The number of H-pyrrole nitrogens is 1. The topological polar surface area (TPSA) is 45.8 Å². The lowest BCUT2D eigenvalue weighted by Crippen LogP contribution is -2.16. The number of halogens is 1. The Morgan fingerprint density at radius 1 is 1.29 bits per heavy atom. The molecule has 1 N–H and O–H groups in total. The Labute approximate surface area is 98.3 Å². The van der Waals surface area contributed by atoms with E-state index in [1.807, 2.05) is 13.8 Å². The summed E-state index contributed by atoms with van der Waals surface area (Å²) >= 11 is 0. The first-order valence-corrected chi connectivity index (χ1v) is 5.43. The molecule has 0 aliphatic carbocycles. The second-order valence-electron chi connectivity index (χ2n) is 4.13. The fourth-order valence-electron chi connectivity index (χ4n) is 1.81. The summed E-state index contributed by atoms with van der Waals surface area (Å²) in [6.07, 6.45) is 1.30. The van der Waals surface area contributed by atoms with E-state index in [2.05, 4.69) is 9.97 Å². The quantitative estimate of drug-likeness (QED) is 0.865. The number of aromatic nitrogens is 2. The van der Waals surface area contributed by atoms with Gasteiger partial charge in [0.2, 0.25) is 0 Å². The van der Waals surface area contributed by atoms with E-state index in [9.17, 15) is 9.18 Å². The van der Waals surface area contributed by atoms with Gasteiger partial charge in [-0.3, -0.25) is 4.79 Å². The number of hydrogen-bond donors (Lipinski definition) is 1. The summed E-state index contributed by atoms with van der Waals surface area (Å²) in [7, 11) is 0. The molecule has 0 radical (unpaired) electrons. The van der Waals surface area contributed by atoms with Crippen molar-refractivity contribution in [3.63, 3.8) is 0 Å². The van der Waals surface area contributed by atoms with Crippen LogP contribution in [0.2, 0.25) is 0 Å². The van der Waals surface area contributed by atoms with Crippen LogP contribution in [0.15, 0.2) is 35.4 Å². The molecule has 3 nitrogen and oxygen atoms in total. The minimum absolute atomic E-state index is 0.0120. The smallest absolute Gasteiger partial charge is 0.254 e. The molecule has 1 heterocycles. The highest BCUT2D eigenvalue weighted by Crippen LogP contribution is 2.25. The van der Waals surface area contributed by atoms with Gasteiger partial charge in [-0.15, -0.1) is 0 Å². The standard InChI is InChI=1S/C13H13FN2O/c1-8(2)11-12(15-7-16-13(11)17)9-5-3-4-6-10(9)14/h3-8H,1-2H3,(H,15,16,17). The molecule has 0 amide bonds. The van der Waals surface area contributed by atoms with Gasteiger partial charge in [-0.2, -0.15) is 0 Å². The molecule has 0 aliphatic rings. The van der Waals surface area contributed by atoms with Crippen molar-refractivity contribution < 1.29 is 4.39 Å². The molecule has 0 fully saturated rings. The number of rotatable bonds is 2. The van der Waals surface area contributed by atoms with Crippen LogP contribution in [0.3, 0.4) is 0 Å². The van der Waals surface area contributed by atoms with Crippen molar-refractivity contribution in [3.8, 4) is 11.3 Å². The number of hydrogen-bond acceptors (Lipinski definition) is 2. The normalized spacial score (nSPS) is 10.8. The summed E-state index contributed by atoms with van der Waals surface area (Å²) in [6.45, 7) is 3.77. The largest absolute Gasteiger partial charge is 0.313 e. The Hall–Kier alpha value is -1.97. The van der Waals surface area contributed by atoms with Crippen molar-refractivity contribution in [2.75, 3.05) is 0 Å². The van der Waals surface area contributed by atoms with Crippen molar-refractivity contribution in [2.45, 2.75) is 19.8 Å². The molecule has 1 aromatic heterocycles. The summed E-state index contributed by atoms with van der Waals surface area (Å²) in [5.41, 5.74) is 1.08. The predicted octanol–water partition coefficient (Wildman–Crippen LogP) is 2.70. The first kappa shape index (κ1) is 11.5. The zero-order valence-corrected chi connectivity index (χ0v) is 9.70. The van der Waals surface area contributed by atoms with Crippen molar-refractivity contribution >= 4 is 0 Å². The van der Waals surface area contributed by atoms with Gasteiger partial charge >= 0.3 is 0 Å². The highest BCUT2D eigenvalue weighted by molar-refractivity contribution is 5.63. The molecule has 0 atom stereocenters. The molecule has 88 valence electrons. The van der Waals surface area contributed by atoms with E-state index in [0.29, 0.717) is 16.8 Å². The van der Waals surface area contributed by atoms with Crippen molar-refractivity contribution in [1.82, 2.24) is 9.97 Å². The Kier molecular flexibility index (Phi) is 3.04. The average molecular weight is 232 g/mol. The Bertz CT molecular complexity index is 590. The van der Waals surface area contributed by atoms with Crippen molar-refractivity contribution in [2.24, 2.45) is 0 Å². The molecule has 1 aromatic carbocycles. The molecule has 0 unspecified atom stereocenters. The first-order chi connectivity index (χ1) is 8.11. The third-order valence-corrected chi connectivity index (χ3v) is 2.60. The summed E-state index contributed by atoms with van der Waals surface area (Å²) < 4.78 is 13.7. The van der Waals surface area contributed by atoms with Crippen LogP contribution in [-0.4, -0.2) is 9.97 Å². The van der Waals surface area contributed by atoms with Crippen LogP contribution < -0.4 is 5.56 Å². The van der Waals surface area contributed by atoms with E-state index in [0.717, 1.165) is 0 Å². The molecule has 0 saturated carbocycles. The van der Waals surface area contributed by atoms with Crippen molar-refractivity contribution in [3.05, 3.63) is 52.3 Å². The van der Waals surface area contributed by atoms with Gasteiger partial charge in [0.25, 0.3) is 5.56 Å². The zero-order chi connectivity index (χ0) is 12.4. The summed E-state index contributed by atoms with van der Waals surface area (Å²) in [6, 6.07) is 6.33. The average Bonchev–Trinajstić information content (AvgIpc) is 2.28. The van der Waals surface area contributed by atoms with Gasteiger partial charge in [-0.1, -0.05) is 26.0 Å². The van der Waals surface area contributed by atoms with Gasteiger partial charge in [-0.25, -0.2) is 9.37 Å². The molecule has 2 aromatic rings. The number of aromatic amines is 1. The minimum Gasteiger partial charge on any atom is -0.313 e. The van der Waals surface area contributed by atoms with E-state index >= 15 is 0 Å². The minimum atomic E-state index is -0.368. The summed E-state index contributed by atoms with van der Waals surface area (Å²) in [5.74, 6) is -0.380. The fourth-order valence-corrected chi connectivity index (χ4v) is 1.81. The maximum Gasteiger partial charge on any atom is 0.254 e. The molecular weight excluding hydrogens is 219 g/mol. The first-order valence-electron chi connectivity index (χ1n) is 5.43. The second-order valence-corrected chi connectivity index (χ2v) is 4.13. The second kappa shape index (κ2) is 4.49. The van der Waals surface area contributed by atoms with Gasteiger partial charge in [0.15, 0.2) is 0 Å². The molecule has 0 aliphatic heterocycles. The van der Waals surface area contributed by atoms with Gasteiger partial charge in [0.1, 0.15) is 5.82 Å². The lowest BCUT2D eigenvalue weighted by Gasteiger charge is -2.10. The lowest BCUT2D eigenvalue weighted by atomic mass is 9.98. The Morgan fingerprint density at radius 3 is 2.65 bits per heavy atom. The van der Waals surface area contributed by atoms with Gasteiger partial charge in [-0.05, 0) is 18.1 Å². The SMILES string of the molecule is CC(C)c1c(-c2ccccc2F)nc[nH]c1=O. The molecule has 17 heavy (non-hydrogen) atoms. The highest BCUT2D eigenvalue weighted by Gasteiger charge is 2.16. The van der Waals surface area contributed by atoms with E-state index < -0.39 is 0 Å². The zero-order valence-electron chi connectivity index (χ0n) is 9.70. The predicted molar refractivity (Wildman–Crippen MR) is 64.3 cm³/mol. The molecule has 0 saturated heterocycles. The van der Waals surface area contributed by atoms with Crippen LogP contribution in [0.5, 0.6) is 0 Å². The number of nitrogens with one attached hydrogen (secondary N) is 1. The Morgan fingerprint density at radius 2 is 2.00 bits per heavy atom. The maximum atomic E-state index is 13.7. The van der Waals surface area contributed by atoms with Gasteiger partial charge in [0.05, 0.1) is 12.0 Å². The Balaban J connectivity index is 2.73. The third kappa shape index (κ3) is 2.11. The summed E-state index contributed by atoms with van der Waals surface area (Å²) in [5, 5.41) is 0. The molecule has 2 rings (SSSR count). The molecule has 4 heteroatoms. The highest BCUT2D eigenvalue weighted by atomic mass is 19.1. The van der Waals surface area contributed by atoms with Crippen LogP contribution in [0.4, 0.5) is 4.39 Å². The van der Waals surface area contributed by atoms with Crippen molar-refractivity contribution in [1.29, 1.82) is 0 Å². The van der Waals surface area contributed by atoms with Crippen LogP contribution in [0, 0.1) is 5.82 Å².